The minimum Gasteiger partial charge on any atom is -0.378 e. The number of hydrogen-bond acceptors (Lipinski definition) is 4. The van der Waals surface area contributed by atoms with Crippen LogP contribution in [0.2, 0.25) is 0 Å². The van der Waals surface area contributed by atoms with E-state index in [0.717, 1.165) is 12.1 Å². The van der Waals surface area contributed by atoms with Crippen molar-refractivity contribution < 1.29 is 9.53 Å². The average molecular weight is 300 g/mol. The Balaban J connectivity index is 1.45. The molecule has 0 atom stereocenters. The van der Waals surface area contributed by atoms with Crippen molar-refractivity contribution in [3.05, 3.63) is 47.8 Å². The van der Waals surface area contributed by atoms with Crippen molar-refractivity contribution in [2.75, 3.05) is 20.2 Å². The van der Waals surface area contributed by atoms with E-state index in [1.54, 1.807) is 7.11 Å². The Morgan fingerprint density at radius 2 is 2.09 bits per heavy atom. The van der Waals surface area contributed by atoms with E-state index in [1.165, 1.54) is 5.56 Å². The van der Waals surface area contributed by atoms with E-state index in [4.69, 9.17) is 4.74 Å². The Bertz CT molecular complexity index is 620. The number of hydrogen-bond donors (Lipinski definition) is 0. The normalized spacial score (nSPS) is 14.9. The summed E-state index contributed by atoms with van der Waals surface area (Å²) in [7, 11) is 1.63. The first-order valence-corrected chi connectivity index (χ1v) is 7.47. The van der Waals surface area contributed by atoms with Crippen molar-refractivity contribution in [2.24, 2.45) is 0 Å². The summed E-state index contributed by atoms with van der Waals surface area (Å²) >= 11 is 0. The number of carbonyl (C=O) groups is 1. The molecule has 1 aliphatic heterocycles. The maximum absolute atomic E-state index is 12.1. The molecular weight excluding hydrogens is 280 g/mol. The first-order chi connectivity index (χ1) is 10.8. The lowest BCUT2D eigenvalue weighted by Crippen LogP contribution is -2.51. The van der Waals surface area contributed by atoms with Gasteiger partial charge in [-0.3, -0.25) is 4.79 Å². The number of carbonyl (C=O) groups excluding carboxylic acids is 1. The summed E-state index contributed by atoms with van der Waals surface area (Å²) in [5.74, 6) is 0.206. The van der Waals surface area contributed by atoms with Crippen molar-refractivity contribution in [3.63, 3.8) is 0 Å². The van der Waals surface area contributed by atoms with Gasteiger partial charge in [0.25, 0.3) is 0 Å². The summed E-state index contributed by atoms with van der Waals surface area (Å²) in [6, 6.07) is 10.3. The fraction of sp³-hybridized carbons (Fsp3) is 0.438. The number of rotatable bonds is 6. The molecule has 0 N–H and O–H groups in total. The molecule has 0 spiro atoms. The van der Waals surface area contributed by atoms with E-state index >= 15 is 0 Å². The maximum atomic E-state index is 12.1. The van der Waals surface area contributed by atoms with Gasteiger partial charge in [0.2, 0.25) is 5.91 Å². The predicted octanol–water partition coefficient (Wildman–Crippen LogP) is 1.44. The van der Waals surface area contributed by atoms with Gasteiger partial charge in [0.1, 0.15) is 5.69 Å². The molecule has 2 heterocycles. The smallest absolute Gasteiger partial charge is 0.223 e. The highest BCUT2D eigenvalue weighted by Crippen LogP contribution is 2.21. The predicted molar refractivity (Wildman–Crippen MR) is 81.1 cm³/mol. The van der Waals surface area contributed by atoms with Crippen LogP contribution < -0.4 is 0 Å². The van der Waals surface area contributed by atoms with Crippen molar-refractivity contribution in [3.8, 4) is 0 Å². The maximum Gasteiger partial charge on any atom is 0.223 e. The van der Waals surface area contributed by atoms with E-state index in [0.29, 0.717) is 26.1 Å². The molecule has 1 aliphatic rings. The van der Waals surface area contributed by atoms with E-state index < -0.39 is 0 Å². The number of aromatic nitrogens is 3. The Hall–Kier alpha value is -2.21. The molecule has 1 fully saturated rings. The zero-order valence-electron chi connectivity index (χ0n) is 12.7. The lowest BCUT2D eigenvalue weighted by Gasteiger charge is -2.39. The number of likely N-dealkylation sites (tertiary alicyclic amines) is 1. The number of amides is 1. The Morgan fingerprint density at radius 3 is 2.82 bits per heavy atom. The van der Waals surface area contributed by atoms with Gasteiger partial charge in [-0.25, -0.2) is 4.68 Å². The number of methoxy groups -OCH3 is 1. The van der Waals surface area contributed by atoms with Crippen molar-refractivity contribution in [2.45, 2.75) is 25.5 Å². The average Bonchev–Trinajstić information content (AvgIpc) is 2.93. The van der Waals surface area contributed by atoms with Crippen LogP contribution in [0.1, 0.15) is 23.7 Å². The third-order valence-electron chi connectivity index (χ3n) is 3.91. The van der Waals surface area contributed by atoms with Crippen LogP contribution in [0.15, 0.2) is 36.5 Å². The lowest BCUT2D eigenvalue weighted by atomic mass is 10.1. The third kappa shape index (κ3) is 3.33. The number of nitrogens with zero attached hydrogens (tertiary/aromatic N) is 4. The van der Waals surface area contributed by atoms with Crippen LogP contribution in [0.3, 0.4) is 0 Å². The SMILES string of the molecule is COCc1cn(C2CN(C(=O)CCc3ccccc3)C2)nn1. The van der Waals surface area contributed by atoms with Gasteiger partial charge in [0.15, 0.2) is 0 Å². The van der Waals surface area contributed by atoms with Crippen LogP contribution in [-0.2, 0) is 22.6 Å². The molecule has 0 bridgehead atoms. The minimum atomic E-state index is 0.206. The molecule has 0 saturated carbocycles. The molecule has 6 nitrogen and oxygen atoms in total. The molecule has 1 amide bonds. The molecule has 1 aromatic heterocycles. The van der Waals surface area contributed by atoms with Crippen LogP contribution in [0.5, 0.6) is 0 Å². The van der Waals surface area contributed by atoms with Gasteiger partial charge in [-0.05, 0) is 12.0 Å². The molecule has 116 valence electrons. The monoisotopic (exact) mass is 300 g/mol. The molecule has 2 aromatic rings. The van der Waals surface area contributed by atoms with E-state index in [-0.39, 0.29) is 11.9 Å². The molecule has 6 heteroatoms. The summed E-state index contributed by atoms with van der Waals surface area (Å²) in [5.41, 5.74) is 2.02. The lowest BCUT2D eigenvalue weighted by molar-refractivity contribution is -0.137. The number of ether oxygens (including phenoxy) is 1. The van der Waals surface area contributed by atoms with Gasteiger partial charge in [-0.1, -0.05) is 35.5 Å². The molecule has 1 saturated heterocycles. The third-order valence-corrected chi connectivity index (χ3v) is 3.91. The van der Waals surface area contributed by atoms with Crippen LogP contribution in [0, 0.1) is 0 Å². The quantitative estimate of drug-likeness (QED) is 0.810. The van der Waals surface area contributed by atoms with Gasteiger partial charge in [0, 0.05) is 26.6 Å². The summed E-state index contributed by atoms with van der Waals surface area (Å²) in [5, 5.41) is 8.13. The second-order valence-electron chi connectivity index (χ2n) is 5.56. The van der Waals surface area contributed by atoms with E-state index in [1.807, 2.05) is 34.0 Å². The molecule has 1 aromatic carbocycles. The van der Waals surface area contributed by atoms with Crippen LogP contribution in [0.25, 0.3) is 0 Å². The van der Waals surface area contributed by atoms with Crippen molar-refractivity contribution >= 4 is 5.91 Å². The van der Waals surface area contributed by atoms with E-state index in [2.05, 4.69) is 22.4 Å². The number of benzene rings is 1. The van der Waals surface area contributed by atoms with Gasteiger partial charge >= 0.3 is 0 Å². The highest BCUT2D eigenvalue weighted by Gasteiger charge is 2.32. The van der Waals surface area contributed by atoms with Gasteiger partial charge in [0.05, 0.1) is 18.8 Å². The Kier molecular flexibility index (Phi) is 4.48. The largest absolute Gasteiger partial charge is 0.378 e. The highest BCUT2D eigenvalue weighted by molar-refractivity contribution is 5.77. The van der Waals surface area contributed by atoms with Crippen LogP contribution >= 0.6 is 0 Å². The van der Waals surface area contributed by atoms with E-state index in [9.17, 15) is 4.79 Å². The zero-order valence-corrected chi connectivity index (χ0v) is 12.7. The molecular formula is C16H20N4O2. The summed E-state index contributed by atoms with van der Waals surface area (Å²) in [6.45, 7) is 1.89. The Labute approximate surface area is 129 Å². The standard InChI is InChI=1S/C16H20N4O2/c1-22-12-14-9-20(18-17-14)15-10-19(11-15)16(21)8-7-13-5-3-2-4-6-13/h2-6,9,15H,7-8,10-12H2,1H3. The summed E-state index contributed by atoms with van der Waals surface area (Å²) in [4.78, 5) is 14.0. The second kappa shape index (κ2) is 6.70. The molecule has 22 heavy (non-hydrogen) atoms. The van der Waals surface area contributed by atoms with Gasteiger partial charge in [-0.2, -0.15) is 0 Å². The summed E-state index contributed by atoms with van der Waals surface area (Å²) < 4.78 is 6.85. The first kappa shape index (κ1) is 14.7. The van der Waals surface area contributed by atoms with Crippen LogP contribution in [-0.4, -0.2) is 46.0 Å². The molecule has 0 unspecified atom stereocenters. The fourth-order valence-electron chi connectivity index (χ4n) is 2.59. The van der Waals surface area contributed by atoms with Crippen molar-refractivity contribution in [1.29, 1.82) is 0 Å². The van der Waals surface area contributed by atoms with Crippen LogP contribution in [0.4, 0.5) is 0 Å². The summed E-state index contributed by atoms with van der Waals surface area (Å²) in [6.07, 6.45) is 3.24. The van der Waals surface area contributed by atoms with Gasteiger partial charge < -0.3 is 9.64 Å². The Morgan fingerprint density at radius 1 is 1.32 bits per heavy atom. The fourth-order valence-corrected chi connectivity index (χ4v) is 2.59. The minimum absolute atomic E-state index is 0.206. The second-order valence-corrected chi connectivity index (χ2v) is 5.56. The molecule has 0 radical (unpaired) electrons. The topological polar surface area (TPSA) is 60.2 Å². The molecule has 3 rings (SSSR count). The van der Waals surface area contributed by atoms with Gasteiger partial charge in [-0.15, -0.1) is 5.10 Å². The highest BCUT2D eigenvalue weighted by atomic mass is 16.5. The zero-order chi connectivity index (χ0) is 15.4. The number of aryl methyl sites for hydroxylation is 1. The molecule has 0 aliphatic carbocycles. The van der Waals surface area contributed by atoms with Crippen molar-refractivity contribution in [1.82, 2.24) is 19.9 Å². The first-order valence-electron chi connectivity index (χ1n) is 7.47.